The molecule has 0 aromatic heterocycles. The van der Waals surface area contributed by atoms with E-state index in [4.69, 9.17) is 4.74 Å². The third kappa shape index (κ3) is 3.90. The highest BCUT2D eigenvalue weighted by atomic mass is 16.5. The summed E-state index contributed by atoms with van der Waals surface area (Å²) >= 11 is 0. The Labute approximate surface area is 104 Å². The van der Waals surface area contributed by atoms with E-state index in [2.05, 4.69) is 29.6 Å². The lowest BCUT2D eigenvalue weighted by atomic mass is 9.94. The van der Waals surface area contributed by atoms with E-state index >= 15 is 0 Å². The van der Waals surface area contributed by atoms with Crippen LogP contribution >= 0.6 is 0 Å². The van der Waals surface area contributed by atoms with Crippen LogP contribution in [0, 0.1) is 5.92 Å². The molecule has 0 bridgehead atoms. The van der Waals surface area contributed by atoms with E-state index in [0.717, 1.165) is 24.8 Å². The maximum Gasteiger partial charge on any atom is 0.119 e. The third-order valence-corrected chi connectivity index (χ3v) is 3.27. The van der Waals surface area contributed by atoms with E-state index in [9.17, 15) is 0 Å². The number of hydrogen-bond donors (Lipinski definition) is 1. The minimum absolute atomic E-state index is 0.811. The highest BCUT2D eigenvalue weighted by Crippen LogP contribution is 2.17. The maximum absolute atomic E-state index is 5.21. The van der Waals surface area contributed by atoms with Crippen molar-refractivity contribution in [2.75, 3.05) is 13.7 Å². The molecule has 17 heavy (non-hydrogen) atoms. The van der Waals surface area contributed by atoms with Crippen molar-refractivity contribution in [3.63, 3.8) is 0 Å². The Bertz CT molecular complexity index is 373. The van der Waals surface area contributed by atoms with Crippen LogP contribution in [0.15, 0.2) is 36.4 Å². The van der Waals surface area contributed by atoms with Gasteiger partial charge in [-0.15, -0.1) is 0 Å². The molecule has 0 radical (unpaired) electrons. The van der Waals surface area contributed by atoms with Crippen molar-refractivity contribution in [1.82, 2.24) is 5.32 Å². The predicted molar refractivity (Wildman–Crippen MR) is 71.2 cm³/mol. The van der Waals surface area contributed by atoms with E-state index in [0.29, 0.717) is 0 Å². The molecule has 1 aliphatic carbocycles. The van der Waals surface area contributed by atoms with Gasteiger partial charge in [-0.25, -0.2) is 0 Å². The van der Waals surface area contributed by atoms with Crippen LogP contribution in [-0.2, 0) is 6.54 Å². The largest absolute Gasteiger partial charge is 0.497 e. The SMILES string of the molecule is COc1cccc(CNCC2CC=CCC2)c1. The molecule has 1 N–H and O–H groups in total. The summed E-state index contributed by atoms with van der Waals surface area (Å²) in [5.41, 5.74) is 1.29. The van der Waals surface area contributed by atoms with Crippen LogP contribution in [0.3, 0.4) is 0 Å². The fourth-order valence-electron chi connectivity index (χ4n) is 2.24. The topological polar surface area (TPSA) is 21.3 Å². The summed E-state index contributed by atoms with van der Waals surface area (Å²) in [6.45, 7) is 2.04. The summed E-state index contributed by atoms with van der Waals surface area (Å²) < 4.78 is 5.21. The lowest BCUT2D eigenvalue weighted by Gasteiger charge is -2.18. The Morgan fingerprint density at radius 1 is 1.35 bits per heavy atom. The number of ether oxygens (including phenoxy) is 1. The van der Waals surface area contributed by atoms with Crippen molar-refractivity contribution >= 4 is 0 Å². The van der Waals surface area contributed by atoms with Crippen LogP contribution in [0.5, 0.6) is 5.75 Å². The quantitative estimate of drug-likeness (QED) is 0.786. The van der Waals surface area contributed by atoms with Gasteiger partial charge in [0.15, 0.2) is 0 Å². The molecule has 1 aromatic carbocycles. The van der Waals surface area contributed by atoms with Gasteiger partial charge in [-0.2, -0.15) is 0 Å². The van der Waals surface area contributed by atoms with Crippen molar-refractivity contribution in [2.45, 2.75) is 25.8 Å². The Morgan fingerprint density at radius 3 is 3.06 bits per heavy atom. The molecule has 0 saturated carbocycles. The van der Waals surface area contributed by atoms with Gasteiger partial charge < -0.3 is 10.1 Å². The average Bonchev–Trinajstić information content (AvgIpc) is 2.40. The van der Waals surface area contributed by atoms with Crippen LogP contribution in [-0.4, -0.2) is 13.7 Å². The van der Waals surface area contributed by atoms with Gasteiger partial charge in [0.2, 0.25) is 0 Å². The average molecular weight is 231 g/mol. The second-order valence-electron chi connectivity index (χ2n) is 4.63. The number of hydrogen-bond acceptors (Lipinski definition) is 2. The van der Waals surface area contributed by atoms with E-state index in [-0.39, 0.29) is 0 Å². The van der Waals surface area contributed by atoms with Crippen LogP contribution < -0.4 is 10.1 Å². The Kier molecular flexibility index (Phi) is 4.63. The fourth-order valence-corrected chi connectivity index (χ4v) is 2.24. The van der Waals surface area contributed by atoms with E-state index < -0.39 is 0 Å². The zero-order chi connectivity index (χ0) is 11.9. The first-order valence-electron chi connectivity index (χ1n) is 6.37. The van der Waals surface area contributed by atoms with Gasteiger partial charge in [-0.1, -0.05) is 24.3 Å². The van der Waals surface area contributed by atoms with Gasteiger partial charge in [0.25, 0.3) is 0 Å². The Hall–Kier alpha value is -1.28. The van der Waals surface area contributed by atoms with Crippen LogP contribution in [0.25, 0.3) is 0 Å². The highest BCUT2D eigenvalue weighted by Gasteiger charge is 2.08. The van der Waals surface area contributed by atoms with Crippen molar-refractivity contribution in [1.29, 1.82) is 0 Å². The van der Waals surface area contributed by atoms with Crippen LogP contribution in [0.2, 0.25) is 0 Å². The Balaban J connectivity index is 1.75. The molecule has 0 spiro atoms. The lowest BCUT2D eigenvalue weighted by molar-refractivity contribution is 0.413. The molecule has 0 saturated heterocycles. The lowest BCUT2D eigenvalue weighted by Crippen LogP contribution is -2.23. The summed E-state index contributed by atoms with van der Waals surface area (Å²) in [7, 11) is 1.71. The zero-order valence-electron chi connectivity index (χ0n) is 10.5. The number of methoxy groups -OCH3 is 1. The van der Waals surface area contributed by atoms with Crippen LogP contribution in [0.4, 0.5) is 0 Å². The van der Waals surface area contributed by atoms with Gasteiger partial charge in [-0.3, -0.25) is 0 Å². The fraction of sp³-hybridized carbons (Fsp3) is 0.467. The molecule has 1 unspecified atom stereocenters. The molecule has 0 aliphatic heterocycles. The molecular weight excluding hydrogens is 210 g/mol. The van der Waals surface area contributed by atoms with Crippen molar-refractivity contribution < 1.29 is 4.74 Å². The molecule has 2 nitrogen and oxygen atoms in total. The van der Waals surface area contributed by atoms with Crippen molar-refractivity contribution in [3.05, 3.63) is 42.0 Å². The summed E-state index contributed by atoms with van der Waals surface area (Å²) in [6, 6.07) is 8.25. The summed E-state index contributed by atoms with van der Waals surface area (Å²) in [5, 5.41) is 3.53. The maximum atomic E-state index is 5.21. The first-order valence-corrected chi connectivity index (χ1v) is 6.37. The summed E-state index contributed by atoms with van der Waals surface area (Å²) in [6.07, 6.45) is 8.39. The summed E-state index contributed by atoms with van der Waals surface area (Å²) in [5.74, 6) is 1.75. The predicted octanol–water partition coefficient (Wildman–Crippen LogP) is 3.14. The number of rotatable bonds is 5. The smallest absolute Gasteiger partial charge is 0.119 e. The zero-order valence-corrected chi connectivity index (χ0v) is 10.5. The molecule has 0 heterocycles. The second-order valence-corrected chi connectivity index (χ2v) is 4.63. The molecule has 0 fully saturated rings. The standard InChI is InChI=1S/C15H21NO/c1-17-15-9-5-8-14(10-15)12-16-11-13-6-3-2-4-7-13/h2-3,5,8-10,13,16H,4,6-7,11-12H2,1H3. The highest BCUT2D eigenvalue weighted by molar-refractivity contribution is 5.28. The van der Waals surface area contributed by atoms with E-state index in [1.54, 1.807) is 7.11 Å². The van der Waals surface area contributed by atoms with Crippen LogP contribution in [0.1, 0.15) is 24.8 Å². The normalized spacial score (nSPS) is 19.2. The molecule has 1 atom stereocenters. The first-order chi connectivity index (χ1) is 8.38. The van der Waals surface area contributed by atoms with E-state index in [1.165, 1.54) is 24.8 Å². The molecular formula is C15H21NO. The van der Waals surface area contributed by atoms with E-state index in [1.807, 2.05) is 12.1 Å². The van der Waals surface area contributed by atoms with Gasteiger partial charge in [0.05, 0.1) is 7.11 Å². The summed E-state index contributed by atoms with van der Waals surface area (Å²) in [4.78, 5) is 0. The third-order valence-electron chi connectivity index (χ3n) is 3.27. The minimum Gasteiger partial charge on any atom is -0.497 e. The van der Waals surface area contributed by atoms with Gasteiger partial charge in [-0.05, 0) is 49.4 Å². The molecule has 1 aliphatic rings. The van der Waals surface area contributed by atoms with Crippen molar-refractivity contribution in [2.24, 2.45) is 5.92 Å². The molecule has 1 aromatic rings. The Morgan fingerprint density at radius 2 is 2.29 bits per heavy atom. The molecule has 0 amide bonds. The first kappa shape index (κ1) is 12.2. The monoisotopic (exact) mass is 231 g/mol. The van der Waals surface area contributed by atoms with Crippen molar-refractivity contribution in [3.8, 4) is 5.75 Å². The molecule has 2 heteroatoms. The minimum atomic E-state index is 0.811. The van der Waals surface area contributed by atoms with Gasteiger partial charge in [0, 0.05) is 6.54 Å². The second kappa shape index (κ2) is 6.45. The number of allylic oxidation sites excluding steroid dienone is 2. The van der Waals surface area contributed by atoms with Gasteiger partial charge >= 0.3 is 0 Å². The molecule has 92 valence electrons. The molecule has 2 rings (SSSR count). The van der Waals surface area contributed by atoms with Gasteiger partial charge in [0.1, 0.15) is 5.75 Å². The number of nitrogens with one attached hydrogen (secondary N) is 1. The number of benzene rings is 1.